The van der Waals surface area contributed by atoms with Crippen molar-refractivity contribution in [3.63, 3.8) is 0 Å². The van der Waals surface area contributed by atoms with Crippen LogP contribution < -0.4 is 0 Å². The summed E-state index contributed by atoms with van der Waals surface area (Å²) in [5.74, 6) is 0.0735. The number of carbonyl (C=O) groups is 1. The molecule has 0 radical (unpaired) electrons. The van der Waals surface area contributed by atoms with Gasteiger partial charge in [0.2, 0.25) is 0 Å². The fourth-order valence-electron chi connectivity index (χ4n) is 1.99. The van der Waals surface area contributed by atoms with Gasteiger partial charge in [0, 0.05) is 12.5 Å². The lowest BCUT2D eigenvalue weighted by Crippen LogP contribution is -2.34. The number of rotatable bonds is 7. The van der Waals surface area contributed by atoms with Crippen LogP contribution in [0.3, 0.4) is 0 Å². The van der Waals surface area contributed by atoms with Crippen LogP contribution in [0.15, 0.2) is 24.3 Å². The molecule has 0 unspecified atom stereocenters. The summed E-state index contributed by atoms with van der Waals surface area (Å²) in [6.45, 7) is 11.2. The fraction of sp³-hybridized carbons (Fsp3) is 0.562. The molecule has 2 atom stereocenters. The number of phenolic OH excluding ortho intramolecular Hbond substituents is 1. The zero-order valence-electron chi connectivity index (χ0n) is 12.8. The zero-order chi connectivity index (χ0) is 15.1. The van der Waals surface area contributed by atoms with Crippen LogP contribution in [0.5, 0.6) is 5.75 Å². The van der Waals surface area contributed by atoms with Gasteiger partial charge in [-0.3, -0.25) is 0 Å². The first-order valence-electron chi connectivity index (χ1n) is 7.20. The third kappa shape index (κ3) is 4.85. The summed E-state index contributed by atoms with van der Waals surface area (Å²) in [5, 5.41) is 9.20. The summed E-state index contributed by atoms with van der Waals surface area (Å²) in [7, 11) is 0. The van der Waals surface area contributed by atoms with E-state index in [1.54, 1.807) is 12.1 Å². The topological polar surface area (TPSA) is 49.8 Å². The highest BCUT2D eigenvalue weighted by atomic mass is 16.5. The molecule has 0 aliphatic rings. The molecule has 0 saturated carbocycles. The van der Waals surface area contributed by atoms with Crippen molar-refractivity contribution in [1.29, 1.82) is 0 Å². The second kappa shape index (κ2) is 7.90. The number of nitrogens with zero attached hydrogens (tertiary/aromatic N) is 1. The van der Waals surface area contributed by atoms with Crippen LogP contribution in [0.2, 0.25) is 0 Å². The van der Waals surface area contributed by atoms with E-state index in [0.29, 0.717) is 5.56 Å². The number of esters is 1. The molecule has 0 aliphatic heterocycles. The number of hydrogen-bond donors (Lipinski definition) is 1. The zero-order valence-corrected chi connectivity index (χ0v) is 12.8. The van der Waals surface area contributed by atoms with Crippen molar-refractivity contribution >= 4 is 5.97 Å². The predicted octanol–water partition coefficient (Wildman–Crippen LogP) is 2.92. The number of aromatic hydroxyl groups is 1. The summed E-state index contributed by atoms with van der Waals surface area (Å²) in [4.78, 5) is 14.3. The second-order valence-corrected chi connectivity index (χ2v) is 5.12. The highest BCUT2D eigenvalue weighted by molar-refractivity contribution is 5.89. The van der Waals surface area contributed by atoms with Gasteiger partial charge in [0.1, 0.15) is 11.9 Å². The number of carbonyl (C=O) groups excluding carboxylic acids is 1. The van der Waals surface area contributed by atoms with Gasteiger partial charge in [-0.15, -0.1) is 0 Å². The van der Waals surface area contributed by atoms with Gasteiger partial charge in [-0.25, -0.2) is 4.79 Å². The fourth-order valence-corrected chi connectivity index (χ4v) is 1.99. The lowest BCUT2D eigenvalue weighted by atomic mass is 10.1. The molecule has 1 aromatic rings. The molecule has 0 fully saturated rings. The van der Waals surface area contributed by atoms with Gasteiger partial charge in [-0.1, -0.05) is 20.8 Å². The third-order valence-electron chi connectivity index (χ3n) is 3.64. The minimum atomic E-state index is -0.344. The maximum atomic E-state index is 12.0. The molecule has 0 aliphatic carbocycles. The van der Waals surface area contributed by atoms with Gasteiger partial charge in [0.05, 0.1) is 5.56 Å². The molecule has 0 aromatic heterocycles. The lowest BCUT2D eigenvalue weighted by molar-refractivity contribution is 0.0172. The molecule has 0 saturated heterocycles. The highest BCUT2D eigenvalue weighted by Crippen LogP contribution is 2.14. The molecule has 1 rings (SSSR count). The molecule has 0 heterocycles. The van der Waals surface area contributed by atoms with Crippen LogP contribution in [0.1, 0.15) is 38.1 Å². The number of ether oxygens (including phenoxy) is 1. The first-order valence-corrected chi connectivity index (χ1v) is 7.20. The summed E-state index contributed by atoms with van der Waals surface area (Å²) in [6, 6.07) is 6.11. The van der Waals surface area contributed by atoms with Crippen LogP contribution in [0, 0.1) is 5.92 Å². The van der Waals surface area contributed by atoms with Crippen LogP contribution in [0.4, 0.5) is 0 Å². The Bertz CT molecular complexity index is 412. The maximum Gasteiger partial charge on any atom is 0.338 e. The quantitative estimate of drug-likeness (QED) is 0.780. The molecule has 0 amide bonds. The average Bonchev–Trinajstić information content (AvgIpc) is 2.44. The summed E-state index contributed by atoms with van der Waals surface area (Å²) < 4.78 is 5.48. The van der Waals surface area contributed by atoms with Crippen molar-refractivity contribution in [1.82, 2.24) is 4.90 Å². The summed E-state index contributed by atoms with van der Waals surface area (Å²) in [6.07, 6.45) is -0.142. The first kappa shape index (κ1) is 16.5. The molecular formula is C16H25NO3. The van der Waals surface area contributed by atoms with Crippen molar-refractivity contribution in [3.05, 3.63) is 29.8 Å². The molecule has 4 heteroatoms. The Morgan fingerprint density at radius 3 is 2.25 bits per heavy atom. The van der Waals surface area contributed by atoms with E-state index in [9.17, 15) is 9.90 Å². The predicted molar refractivity (Wildman–Crippen MR) is 79.9 cm³/mol. The normalized spacial score (nSPS) is 14.1. The number of hydrogen-bond acceptors (Lipinski definition) is 4. The van der Waals surface area contributed by atoms with Crippen LogP contribution in [0.25, 0.3) is 0 Å². The van der Waals surface area contributed by atoms with E-state index in [2.05, 4.69) is 25.7 Å². The van der Waals surface area contributed by atoms with E-state index in [0.717, 1.165) is 19.6 Å². The van der Waals surface area contributed by atoms with Crippen LogP contribution >= 0.6 is 0 Å². The highest BCUT2D eigenvalue weighted by Gasteiger charge is 2.19. The Morgan fingerprint density at radius 1 is 1.20 bits per heavy atom. The minimum Gasteiger partial charge on any atom is -0.508 e. The Kier molecular flexibility index (Phi) is 6.52. The van der Waals surface area contributed by atoms with Crippen molar-refractivity contribution in [2.75, 3.05) is 19.6 Å². The first-order chi connectivity index (χ1) is 9.47. The lowest BCUT2D eigenvalue weighted by Gasteiger charge is -2.26. The average molecular weight is 279 g/mol. The standard InChI is InChI=1S/C16H25NO3/c1-5-17(6-2)11-12(3)13(4)20-16(19)14-7-9-15(18)10-8-14/h7-10,12-13,18H,5-6,11H2,1-4H3/t12-,13-/m0/s1. The largest absolute Gasteiger partial charge is 0.508 e. The van der Waals surface area contributed by atoms with E-state index in [1.807, 2.05) is 6.92 Å². The van der Waals surface area contributed by atoms with Crippen molar-refractivity contribution < 1.29 is 14.6 Å². The maximum absolute atomic E-state index is 12.0. The monoisotopic (exact) mass is 279 g/mol. The number of benzene rings is 1. The Labute approximate surface area is 121 Å². The van der Waals surface area contributed by atoms with E-state index in [4.69, 9.17) is 4.74 Å². The SMILES string of the molecule is CCN(CC)C[C@H](C)[C@H](C)OC(=O)c1ccc(O)cc1. The molecule has 4 nitrogen and oxygen atoms in total. The third-order valence-corrected chi connectivity index (χ3v) is 3.64. The molecule has 112 valence electrons. The number of phenols is 1. The molecule has 0 spiro atoms. The van der Waals surface area contributed by atoms with E-state index in [1.165, 1.54) is 12.1 Å². The Balaban J connectivity index is 2.54. The van der Waals surface area contributed by atoms with Gasteiger partial charge in [-0.2, -0.15) is 0 Å². The minimum absolute atomic E-state index is 0.142. The summed E-state index contributed by atoms with van der Waals surface area (Å²) in [5.41, 5.74) is 0.463. The molecule has 1 N–H and O–H groups in total. The van der Waals surface area contributed by atoms with Gasteiger partial charge < -0.3 is 14.7 Å². The van der Waals surface area contributed by atoms with Crippen molar-refractivity contribution in [2.24, 2.45) is 5.92 Å². The van der Waals surface area contributed by atoms with Crippen molar-refractivity contribution in [2.45, 2.75) is 33.8 Å². The van der Waals surface area contributed by atoms with E-state index in [-0.39, 0.29) is 23.7 Å². The molecule has 20 heavy (non-hydrogen) atoms. The van der Waals surface area contributed by atoms with Gasteiger partial charge in [-0.05, 0) is 44.3 Å². The van der Waals surface area contributed by atoms with Gasteiger partial charge in [0.15, 0.2) is 0 Å². The van der Waals surface area contributed by atoms with E-state index < -0.39 is 0 Å². The van der Waals surface area contributed by atoms with Crippen LogP contribution in [-0.4, -0.2) is 41.7 Å². The summed E-state index contributed by atoms with van der Waals surface area (Å²) >= 11 is 0. The van der Waals surface area contributed by atoms with Gasteiger partial charge >= 0.3 is 5.97 Å². The Morgan fingerprint density at radius 2 is 1.75 bits per heavy atom. The van der Waals surface area contributed by atoms with Gasteiger partial charge in [0.25, 0.3) is 0 Å². The Hall–Kier alpha value is -1.55. The second-order valence-electron chi connectivity index (χ2n) is 5.12. The smallest absolute Gasteiger partial charge is 0.338 e. The molecular weight excluding hydrogens is 254 g/mol. The molecule has 0 bridgehead atoms. The van der Waals surface area contributed by atoms with Crippen LogP contribution in [-0.2, 0) is 4.74 Å². The van der Waals surface area contributed by atoms with Crippen molar-refractivity contribution in [3.8, 4) is 5.75 Å². The molecule has 1 aromatic carbocycles. The van der Waals surface area contributed by atoms with E-state index >= 15 is 0 Å².